The molecule has 0 amide bonds. The Labute approximate surface area is 283 Å². The van der Waals surface area contributed by atoms with Gasteiger partial charge in [0.25, 0.3) is 0 Å². The van der Waals surface area contributed by atoms with Gasteiger partial charge < -0.3 is 9.80 Å². The van der Waals surface area contributed by atoms with Gasteiger partial charge in [-0.2, -0.15) is 0 Å². The van der Waals surface area contributed by atoms with Crippen LogP contribution in [0.3, 0.4) is 0 Å². The molecule has 230 valence electrons. The second-order valence-electron chi connectivity index (χ2n) is 11.5. The maximum atomic E-state index is 2.31. The van der Waals surface area contributed by atoms with E-state index in [-0.39, 0.29) is 0 Å². The van der Waals surface area contributed by atoms with Crippen molar-refractivity contribution in [1.29, 1.82) is 0 Å². The normalized spacial score (nSPS) is 11.2. The molecule has 0 N–H and O–H groups in total. The predicted molar refractivity (Wildman–Crippen MR) is 207 cm³/mol. The van der Waals surface area contributed by atoms with Gasteiger partial charge in [0.2, 0.25) is 0 Å². The molecule has 0 spiro atoms. The standard InChI is InChI=1S/C46H36N2/c1-5-16-41(17-6-1)47(42-18-7-2-8-19-42)45-35-32-39(33-36-45)30-27-37-25-28-38(29-26-37)31-34-40-15-13-14-24-46(40)48(43-20-9-3-10-21-43)44-22-11-4-12-23-44/h1-36H. The van der Waals surface area contributed by atoms with Crippen molar-refractivity contribution in [3.63, 3.8) is 0 Å². The molecule has 0 atom stereocenters. The average molecular weight is 617 g/mol. The Morgan fingerprint density at radius 3 is 1.00 bits per heavy atom. The number of nitrogens with zero attached hydrogens (tertiary/aromatic N) is 2. The van der Waals surface area contributed by atoms with Gasteiger partial charge in [0, 0.05) is 28.4 Å². The molecule has 0 aromatic heterocycles. The van der Waals surface area contributed by atoms with E-state index in [1.54, 1.807) is 0 Å². The molecule has 0 radical (unpaired) electrons. The molecule has 0 aliphatic rings. The molecular formula is C46H36N2. The highest BCUT2D eigenvalue weighted by atomic mass is 15.1. The van der Waals surface area contributed by atoms with E-state index < -0.39 is 0 Å². The number of hydrogen-bond donors (Lipinski definition) is 0. The van der Waals surface area contributed by atoms with Crippen LogP contribution in [0, 0.1) is 0 Å². The highest BCUT2D eigenvalue weighted by Gasteiger charge is 2.14. The molecule has 0 aliphatic heterocycles. The average Bonchev–Trinajstić information content (AvgIpc) is 3.16. The zero-order valence-electron chi connectivity index (χ0n) is 26.7. The molecule has 0 saturated carbocycles. The third kappa shape index (κ3) is 7.20. The third-order valence-electron chi connectivity index (χ3n) is 8.25. The second-order valence-corrected chi connectivity index (χ2v) is 11.5. The van der Waals surface area contributed by atoms with Crippen molar-refractivity contribution in [2.75, 3.05) is 9.80 Å². The van der Waals surface area contributed by atoms with Gasteiger partial charge >= 0.3 is 0 Å². The van der Waals surface area contributed by atoms with Crippen LogP contribution in [-0.2, 0) is 0 Å². The largest absolute Gasteiger partial charge is 0.311 e. The van der Waals surface area contributed by atoms with Crippen LogP contribution in [0.1, 0.15) is 22.3 Å². The first-order valence-electron chi connectivity index (χ1n) is 16.3. The second kappa shape index (κ2) is 14.8. The number of para-hydroxylation sites is 5. The molecule has 0 fully saturated rings. The topological polar surface area (TPSA) is 6.48 Å². The van der Waals surface area contributed by atoms with E-state index in [9.17, 15) is 0 Å². The smallest absolute Gasteiger partial charge is 0.0533 e. The van der Waals surface area contributed by atoms with E-state index in [4.69, 9.17) is 0 Å². The first-order chi connectivity index (χ1) is 23.8. The van der Waals surface area contributed by atoms with Gasteiger partial charge in [-0.15, -0.1) is 0 Å². The minimum absolute atomic E-state index is 1.12. The number of hydrogen-bond acceptors (Lipinski definition) is 2. The molecule has 2 heteroatoms. The first kappa shape index (κ1) is 30.3. The van der Waals surface area contributed by atoms with E-state index in [1.807, 2.05) is 0 Å². The van der Waals surface area contributed by atoms with Crippen molar-refractivity contribution in [2.24, 2.45) is 0 Å². The van der Waals surface area contributed by atoms with Crippen molar-refractivity contribution in [1.82, 2.24) is 0 Å². The minimum atomic E-state index is 1.12. The monoisotopic (exact) mass is 616 g/mol. The lowest BCUT2D eigenvalue weighted by molar-refractivity contribution is 1.28. The van der Waals surface area contributed by atoms with Gasteiger partial charge in [0.1, 0.15) is 0 Å². The van der Waals surface area contributed by atoms with Crippen LogP contribution in [-0.4, -0.2) is 0 Å². The Bertz CT molecular complexity index is 2010. The quantitative estimate of drug-likeness (QED) is 0.141. The molecular weight excluding hydrogens is 581 g/mol. The van der Waals surface area contributed by atoms with Crippen LogP contribution in [0.5, 0.6) is 0 Å². The summed E-state index contributed by atoms with van der Waals surface area (Å²) in [5.74, 6) is 0. The van der Waals surface area contributed by atoms with Crippen molar-refractivity contribution in [2.45, 2.75) is 0 Å². The van der Waals surface area contributed by atoms with Gasteiger partial charge in [-0.1, -0.05) is 152 Å². The number of anilines is 6. The van der Waals surface area contributed by atoms with E-state index in [2.05, 4.69) is 228 Å². The van der Waals surface area contributed by atoms with Crippen LogP contribution in [0.4, 0.5) is 34.1 Å². The Kier molecular flexibility index (Phi) is 9.34. The zero-order valence-corrected chi connectivity index (χ0v) is 26.7. The summed E-state index contributed by atoms with van der Waals surface area (Å²) in [7, 11) is 0. The van der Waals surface area contributed by atoms with Crippen molar-refractivity contribution in [3.8, 4) is 0 Å². The highest BCUT2D eigenvalue weighted by molar-refractivity contribution is 5.85. The molecule has 2 nitrogen and oxygen atoms in total. The Balaban J connectivity index is 1.07. The lowest BCUT2D eigenvalue weighted by Crippen LogP contribution is -2.10. The van der Waals surface area contributed by atoms with Gasteiger partial charge in [0.05, 0.1) is 5.69 Å². The lowest BCUT2D eigenvalue weighted by atomic mass is 10.1. The molecule has 0 aliphatic carbocycles. The fourth-order valence-corrected chi connectivity index (χ4v) is 5.85. The third-order valence-corrected chi connectivity index (χ3v) is 8.25. The van der Waals surface area contributed by atoms with Gasteiger partial charge in [-0.05, 0) is 89.0 Å². The summed E-state index contributed by atoms with van der Waals surface area (Å²) >= 11 is 0. The number of benzene rings is 7. The van der Waals surface area contributed by atoms with E-state index in [1.165, 1.54) is 0 Å². The van der Waals surface area contributed by atoms with Gasteiger partial charge in [-0.3, -0.25) is 0 Å². The highest BCUT2D eigenvalue weighted by Crippen LogP contribution is 2.37. The lowest BCUT2D eigenvalue weighted by Gasteiger charge is -2.27. The Morgan fingerprint density at radius 2 is 0.562 bits per heavy atom. The first-order valence-corrected chi connectivity index (χ1v) is 16.3. The van der Waals surface area contributed by atoms with Crippen LogP contribution < -0.4 is 9.80 Å². The van der Waals surface area contributed by atoms with Gasteiger partial charge in [-0.25, -0.2) is 0 Å². The van der Waals surface area contributed by atoms with Crippen molar-refractivity contribution >= 4 is 58.4 Å². The molecule has 0 heterocycles. The summed E-state index contributed by atoms with van der Waals surface area (Å²) in [5, 5.41) is 0. The summed E-state index contributed by atoms with van der Waals surface area (Å²) in [5.41, 5.74) is 11.4. The van der Waals surface area contributed by atoms with Crippen molar-refractivity contribution in [3.05, 3.63) is 216 Å². The molecule has 7 rings (SSSR count). The maximum Gasteiger partial charge on any atom is 0.0533 e. The maximum absolute atomic E-state index is 2.31. The minimum Gasteiger partial charge on any atom is -0.311 e. The number of rotatable bonds is 10. The van der Waals surface area contributed by atoms with Crippen LogP contribution in [0.25, 0.3) is 24.3 Å². The molecule has 0 bridgehead atoms. The fraction of sp³-hybridized carbons (Fsp3) is 0. The zero-order chi connectivity index (χ0) is 32.4. The molecule has 0 unspecified atom stereocenters. The van der Waals surface area contributed by atoms with Crippen LogP contribution in [0.2, 0.25) is 0 Å². The molecule has 0 saturated heterocycles. The molecule has 7 aromatic carbocycles. The summed E-state index contributed by atoms with van der Waals surface area (Å²) < 4.78 is 0. The molecule has 48 heavy (non-hydrogen) atoms. The predicted octanol–water partition coefficient (Wildman–Crippen LogP) is 13.0. The SMILES string of the molecule is C(=Cc1ccc(N(c2ccccc2)c2ccccc2)cc1)c1ccc(C=Cc2ccccc2N(c2ccccc2)c2ccccc2)cc1. The van der Waals surface area contributed by atoms with E-state index in [0.717, 1.165) is 56.4 Å². The summed E-state index contributed by atoms with van der Waals surface area (Å²) in [6.45, 7) is 0. The van der Waals surface area contributed by atoms with Gasteiger partial charge in [0.15, 0.2) is 0 Å². The molecule has 7 aromatic rings. The summed E-state index contributed by atoms with van der Waals surface area (Å²) in [6, 6.07) is 68.0. The van der Waals surface area contributed by atoms with Crippen LogP contribution in [0.15, 0.2) is 194 Å². The summed E-state index contributed by atoms with van der Waals surface area (Å²) in [6.07, 6.45) is 8.72. The van der Waals surface area contributed by atoms with Crippen LogP contribution >= 0.6 is 0 Å². The summed E-state index contributed by atoms with van der Waals surface area (Å²) in [4.78, 5) is 4.58. The van der Waals surface area contributed by atoms with E-state index in [0.29, 0.717) is 0 Å². The van der Waals surface area contributed by atoms with Crippen molar-refractivity contribution < 1.29 is 0 Å². The fourth-order valence-electron chi connectivity index (χ4n) is 5.85. The Hall–Kier alpha value is -6.38. The Morgan fingerprint density at radius 1 is 0.250 bits per heavy atom. The van der Waals surface area contributed by atoms with E-state index >= 15 is 0 Å².